The molecule has 17 nitrogen and oxygen atoms in total. The van der Waals surface area contributed by atoms with Crippen LogP contribution in [0.15, 0.2) is 95.8 Å². The van der Waals surface area contributed by atoms with Gasteiger partial charge in [-0.25, -0.2) is 0 Å². The number of phenolic OH excluding ortho intramolecular Hbond substituents is 1. The average Bonchev–Trinajstić information content (AvgIpc) is 3.01. The minimum absolute atomic E-state index is 0.0384. The van der Waals surface area contributed by atoms with Crippen LogP contribution in [0.3, 0.4) is 0 Å². The number of azo groups is 2. The monoisotopic (exact) mass is 731 g/mol. The number of nitrogens with two attached hydrogens (primary N) is 1. The number of hydrogen-bond donors (Lipinski definition) is 5. The Labute approximate surface area is 278 Å². The minimum Gasteiger partial charge on any atom is -0.505 e. The lowest BCUT2D eigenvalue weighted by molar-refractivity contribution is 0.416. The maximum absolute atomic E-state index is 12.2. The molecule has 5 aromatic rings. The Bertz CT molecular complexity index is 2590. The van der Waals surface area contributed by atoms with Crippen LogP contribution in [0.1, 0.15) is 5.56 Å². The van der Waals surface area contributed by atoms with Crippen molar-refractivity contribution in [2.75, 3.05) is 20.0 Å². The molecule has 0 fully saturated rings. The largest absolute Gasteiger partial charge is 0.505 e. The fourth-order valence-corrected chi connectivity index (χ4v) is 6.63. The van der Waals surface area contributed by atoms with Crippen molar-refractivity contribution < 1.29 is 53.5 Å². The van der Waals surface area contributed by atoms with Crippen molar-refractivity contribution in [3.63, 3.8) is 0 Å². The number of rotatable bonds is 9. The fourth-order valence-electron chi connectivity index (χ4n) is 4.81. The van der Waals surface area contributed by atoms with Gasteiger partial charge in [-0.15, -0.1) is 10.2 Å². The second kappa shape index (κ2) is 12.7. The normalized spacial score (nSPS) is 12.8. The SMILES string of the molecule is COc1cc(N=Nc2ccc3c(OC)cc(S(=O)(=O)O)cc3c2)c(C)cc1N=Nc1c(S(=O)(=O)O)cc2cc(S(=O)(=O)O)c(N)cc2c1O. The number of anilines is 1. The molecule has 49 heavy (non-hydrogen) atoms. The molecule has 0 amide bonds. The van der Waals surface area contributed by atoms with Crippen molar-refractivity contribution in [2.45, 2.75) is 21.6 Å². The molecule has 0 aliphatic carbocycles. The molecule has 0 aliphatic rings. The number of hydrogen-bond acceptors (Lipinski definition) is 14. The first-order valence-corrected chi connectivity index (χ1v) is 17.8. The van der Waals surface area contributed by atoms with E-state index in [0.717, 1.165) is 18.2 Å². The number of aromatic hydroxyl groups is 1. The summed E-state index contributed by atoms with van der Waals surface area (Å²) >= 11 is 0. The second-order valence-electron chi connectivity index (χ2n) is 10.3. The first-order chi connectivity index (χ1) is 22.8. The zero-order valence-corrected chi connectivity index (χ0v) is 27.9. The fraction of sp³-hybridized carbons (Fsp3) is 0.103. The number of ether oxygens (including phenoxy) is 2. The van der Waals surface area contributed by atoms with Crippen molar-refractivity contribution in [1.82, 2.24) is 0 Å². The van der Waals surface area contributed by atoms with Gasteiger partial charge in [-0.05, 0) is 71.8 Å². The summed E-state index contributed by atoms with van der Waals surface area (Å²) in [7, 11) is -11.7. The number of phenols is 1. The Morgan fingerprint density at radius 2 is 1.24 bits per heavy atom. The van der Waals surface area contributed by atoms with Gasteiger partial charge in [0.25, 0.3) is 30.4 Å². The molecule has 20 heteroatoms. The molecule has 0 unspecified atom stereocenters. The summed E-state index contributed by atoms with van der Waals surface area (Å²) in [5.41, 5.74) is 5.71. The summed E-state index contributed by atoms with van der Waals surface area (Å²) in [5.74, 6) is -0.518. The van der Waals surface area contributed by atoms with Gasteiger partial charge in [0.15, 0.2) is 5.75 Å². The van der Waals surface area contributed by atoms with Crippen molar-refractivity contribution in [3.05, 3.63) is 66.2 Å². The summed E-state index contributed by atoms with van der Waals surface area (Å²) in [4.78, 5) is -2.04. The van der Waals surface area contributed by atoms with E-state index in [-0.39, 0.29) is 32.9 Å². The summed E-state index contributed by atoms with van der Waals surface area (Å²) in [6.07, 6.45) is 0. The lowest BCUT2D eigenvalue weighted by Gasteiger charge is -2.12. The van der Waals surface area contributed by atoms with Gasteiger partial charge in [0.2, 0.25) is 0 Å². The molecule has 0 atom stereocenters. The number of benzene rings is 5. The highest BCUT2D eigenvalue weighted by atomic mass is 32.2. The maximum Gasteiger partial charge on any atom is 0.296 e. The van der Waals surface area contributed by atoms with Crippen LogP contribution in [-0.2, 0) is 30.4 Å². The molecule has 0 heterocycles. The predicted octanol–water partition coefficient (Wildman–Crippen LogP) is 6.18. The number of fused-ring (bicyclic) bond motifs is 2. The zero-order chi connectivity index (χ0) is 36.1. The molecule has 0 saturated carbocycles. The van der Waals surface area contributed by atoms with Crippen molar-refractivity contribution in [3.8, 4) is 17.2 Å². The van der Waals surface area contributed by atoms with E-state index in [1.165, 1.54) is 44.6 Å². The molecule has 256 valence electrons. The van der Waals surface area contributed by atoms with E-state index in [0.29, 0.717) is 27.7 Å². The molecular formula is C29H25N5O12S3. The molecule has 6 N–H and O–H groups in total. The molecule has 0 saturated heterocycles. The molecule has 0 bridgehead atoms. The highest BCUT2D eigenvalue weighted by Crippen LogP contribution is 2.44. The van der Waals surface area contributed by atoms with E-state index in [1.807, 2.05) is 0 Å². The summed E-state index contributed by atoms with van der Waals surface area (Å²) in [6, 6.07) is 12.7. The van der Waals surface area contributed by atoms with Crippen LogP contribution < -0.4 is 15.2 Å². The number of methoxy groups -OCH3 is 2. The number of nitrogen functional groups attached to an aromatic ring is 1. The number of aryl methyl sites for hydroxylation is 1. The van der Waals surface area contributed by atoms with Gasteiger partial charge in [0, 0.05) is 22.9 Å². The quantitative estimate of drug-likeness (QED) is 0.0644. The molecule has 5 aromatic carbocycles. The summed E-state index contributed by atoms with van der Waals surface area (Å²) < 4.78 is 111. The Morgan fingerprint density at radius 3 is 1.86 bits per heavy atom. The molecule has 0 spiro atoms. The summed E-state index contributed by atoms with van der Waals surface area (Å²) in [5, 5.41) is 27.8. The van der Waals surface area contributed by atoms with Crippen molar-refractivity contribution >= 4 is 80.3 Å². The Balaban J connectivity index is 1.55. The van der Waals surface area contributed by atoms with Crippen LogP contribution in [0.5, 0.6) is 17.2 Å². The first kappa shape index (κ1) is 35.1. The van der Waals surface area contributed by atoms with Gasteiger partial charge in [0.1, 0.15) is 32.7 Å². The number of nitrogens with zero attached hydrogens (tertiary/aromatic N) is 4. The Kier molecular flexibility index (Phi) is 9.05. The minimum atomic E-state index is -5.07. The third-order valence-electron chi connectivity index (χ3n) is 7.16. The standard InChI is InChI=1S/C29H25N5O12S3/c1-14-6-23(33-34-28-27(49(42,43)44)10-16-9-26(48(39,40)41)21(30)12-20(16)29(28)35)25(46-3)13-22(14)32-31-17-4-5-19-15(7-17)8-18(47(36,37)38)11-24(19)45-2/h4-13,35H,30H2,1-3H3,(H,36,37,38)(H,39,40,41)(H,42,43,44). The van der Waals surface area contributed by atoms with Crippen molar-refractivity contribution in [1.29, 1.82) is 0 Å². The van der Waals surface area contributed by atoms with Gasteiger partial charge in [-0.1, -0.05) is 0 Å². The topological polar surface area (TPSA) is 277 Å². The van der Waals surface area contributed by atoms with E-state index in [9.17, 15) is 44.0 Å². The Hall–Kier alpha value is -5.25. The van der Waals surface area contributed by atoms with E-state index in [4.69, 9.17) is 15.2 Å². The van der Waals surface area contributed by atoms with Gasteiger partial charge in [0.05, 0.1) is 36.2 Å². The van der Waals surface area contributed by atoms with Crippen LogP contribution in [0, 0.1) is 6.92 Å². The third kappa shape index (κ3) is 7.13. The lowest BCUT2D eigenvalue weighted by atomic mass is 10.1. The average molecular weight is 732 g/mol. The molecular weight excluding hydrogens is 707 g/mol. The molecule has 0 radical (unpaired) electrons. The third-order valence-corrected chi connectivity index (χ3v) is 9.76. The van der Waals surface area contributed by atoms with Crippen LogP contribution in [-0.4, -0.2) is 58.2 Å². The van der Waals surface area contributed by atoms with E-state index in [1.54, 1.807) is 19.1 Å². The molecule has 5 rings (SSSR count). The van der Waals surface area contributed by atoms with Gasteiger partial charge in [-0.2, -0.15) is 35.5 Å². The highest BCUT2D eigenvalue weighted by molar-refractivity contribution is 7.86. The predicted molar refractivity (Wildman–Crippen MR) is 176 cm³/mol. The second-order valence-corrected chi connectivity index (χ2v) is 14.6. The van der Waals surface area contributed by atoms with Crippen LogP contribution in [0.25, 0.3) is 21.5 Å². The lowest BCUT2D eigenvalue weighted by Crippen LogP contribution is -2.04. The van der Waals surface area contributed by atoms with Crippen LogP contribution in [0.4, 0.5) is 28.4 Å². The van der Waals surface area contributed by atoms with Crippen LogP contribution >= 0.6 is 0 Å². The van der Waals surface area contributed by atoms with Crippen LogP contribution in [0.2, 0.25) is 0 Å². The molecule has 0 aromatic heterocycles. The zero-order valence-electron chi connectivity index (χ0n) is 25.4. The van der Waals surface area contributed by atoms with Gasteiger partial charge < -0.3 is 20.3 Å². The van der Waals surface area contributed by atoms with E-state index >= 15 is 0 Å². The molecule has 0 aliphatic heterocycles. The smallest absolute Gasteiger partial charge is 0.296 e. The van der Waals surface area contributed by atoms with E-state index in [2.05, 4.69) is 20.5 Å². The van der Waals surface area contributed by atoms with E-state index < -0.39 is 57.3 Å². The first-order valence-electron chi connectivity index (χ1n) is 13.5. The summed E-state index contributed by atoms with van der Waals surface area (Å²) in [6.45, 7) is 1.64. The van der Waals surface area contributed by atoms with Gasteiger partial charge in [-0.3, -0.25) is 13.7 Å². The van der Waals surface area contributed by atoms with Gasteiger partial charge >= 0.3 is 0 Å². The Morgan fingerprint density at radius 1 is 0.633 bits per heavy atom. The van der Waals surface area contributed by atoms with Crippen molar-refractivity contribution in [2.24, 2.45) is 20.5 Å². The maximum atomic E-state index is 12.2. The highest BCUT2D eigenvalue weighted by Gasteiger charge is 2.25.